The number of fused-ring (bicyclic) bond motifs is 1. The summed E-state index contributed by atoms with van der Waals surface area (Å²) in [6.45, 7) is 3.17. The molecule has 4 amide bonds. The van der Waals surface area contributed by atoms with Gasteiger partial charge in [-0.25, -0.2) is 9.48 Å². The highest BCUT2D eigenvalue weighted by Gasteiger charge is 2.49. The Labute approximate surface area is 313 Å². The lowest BCUT2D eigenvalue weighted by Crippen LogP contribution is -2.62. The van der Waals surface area contributed by atoms with Gasteiger partial charge in [-0.15, -0.1) is 5.10 Å². The van der Waals surface area contributed by atoms with Crippen molar-refractivity contribution in [2.75, 3.05) is 6.54 Å². The van der Waals surface area contributed by atoms with Gasteiger partial charge in [-0.3, -0.25) is 24.0 Å². The van der Waals surface area contributed by atoms with E-state index in [2.05, 4.69) is 20.9 Å². The summed E-state index contributed by atoms with van der Waals surface area (Å²) in [4.78, 5) is 81.5. The standard InChI is InChI=1S/C39H49N7O8/c1-38(2,54)31-21-41-44-46(31)28-20-30(35(50)43-39(32(47)33(40)48)15-7-4-8-16-39)45(22-28)36(51)29(17-23-9-5-3-6-10-23)42-34(49)26-13-11-25-19-27(37(52)53)14-12-24(25)18-26/h11-14,18-19,21,23,28-30,54H,3-10,15-17,20,22H2,1-2H3,(H2,40,48)(H,42,49)(H,43,50)(H,52,53)/t28-,29+,30-/m0/s1. The third-order valence-electron chi connectivity index (χ3n) is 11.4. The zero-order chi connectivity index (χ0) is 38.8. The number of carbonyl (C=O) groups excluding carboxylic acids is 5. The first-order valence-corrected chi connectivity index (χ1v) is 18.8. The van der Waals surface area contributed by atoms with Gasteiger partial charge < -0.3 is 31.5 Å². The number of rotatable bonds is 12. The number of hydrogen-bond acceptors (Lipinski definition) is 9. The molecule has 2 heterocycles. The number of aromatic carboxylic acids is 1. The lowest BCUT2D eigenvalue weighted by molar-refractivity contribution is -0.145. The molecule has 3 fully saturated rings. The minimum absolute atomic E-state index is 0.000944. The van der Waals surface area contributed by atoms with Gasteiger partial charge in [0.2, 0.25) is 17.6 Å². The zero-order valence-corrected chi connectivity index (χ0v) is 30.8. The molecule has 0 spiro atoms. The maximum atomic E-state index is 14.9. The number of carboxylic acids is 1. The van der Waals surface area contributed by atoms with Gasteiger partial charge in [-0.05, 0) is 74.1 Å². The van der Waals surface area contributed by atoms with Crippen molar-refractivity contribution in [1.29, 1.82) is 0 Å². The lowest BCUT2D eigenvalue weighted by atomic mass is 9.78. The molecule has 2 aliphatic carbocycles. The molecule has 0 radical (unpaired) electrons. The molecule has 0 unspecified atom stereocenters. The highest BCUT2D eigenvalue weighted by molar-refractivity contribution is 6.39. The summed E-state index contributed by atoms with van der Waals surface area (Å²) >= 11 is 0. The van der Waals surface area contributed by atoms with Gasteiger partial charge in [-0.1, -0.05) is 68.7 Å². The zero-order valence-electron chi connectivity index (χ0n) is 30.8. The van der Waals surface area contributed by atoms with Crippen LogP contribution in [-0.2, 0) is 24.8 Å². The normalized spacial score (nSPS) is 21.0. The average Bonchev–Trinajstić information content (AvgIpc) is 3.83. The van der Waals surface area contributed by atoms with E-state index in [1.165, 1.54) is 27.9 Å². The van der Waals surface area contributed by atoms with Crippen molar-refractivity contribution in [2.45, 2.75) is 120 Å². The maximum Gasteiger partial charge on any atom is 0.335 e. The van der Waals surface area contributed by atoms with Crippen molar-refractivity contribution in [3.63, 3.8) is 0 Å². The molecule has 15 heteroatoms. The fraction of sp³-hybridized carbons (Fsp3) is 0.538. The summed E-state index contributed by atoms with van der Waals surface area (Å²) in [5.41, 5.74) is 3.41. The molecule has 1 aromatic heterocycles. The molecule has 288 valence electrons. The molecule has 6 N–H and O–H groups in total. The molecule has 1 saturated heterocycles. The third kappa shape index (κ3) is 8.15. The van der Waals surface area contributed by atoms with E-state index < -0.39 is 64.6 Å². The smallest absolute Gasteiger partial charge is 0.335 e. The van der Waals surface area contributed by atoms with Crippen LogP contribution in [-0.4, -0.2) is 89.7 Å². The average molecular weight is 744 g/mol. The van der Waals surface area contributed by atoms with E-state index in [0.717, 1.165) is 38.5 Å². The van der Waals surface area contributed by atoms with E-state index in [1.54, 1.807) is 38.1 Å². The number of nitrogens with two attached hydrogens (primary N) is 1. The summed E-state index contributed by atoms with van der Waals surface area (Å²) in [5.74, 6) is -4.52. The van der Waals surface area contributed by atoms with Gasteiger partial charge in [0.15, 0.2) is 0 Å². The van der Waals surface area contributed by atoms with Crippen molar-refractivity contribution in [3.05, 3.63) is 59.4 Å². The number of primary amides is 1. The van der Waals surface area contributed by atoms with Gasteiger partial charge in [0.05, 0.1) is 23.5 Å². The van der Waals surface area contributed by atoms with Crippen molar-refractivity contribution >= 4 is 46.2 Å². The first kappa shape index (κ1) is 38.5. The highest BCUT2D eigenvalue weighted by atomic mass is 16.4. The molecule has 2 aromatic carbocycles. The summed E-state index contributed by atoms with van der Waals surface area (Å²) in [6.07, 6.45) is 9.22. The van der Waals surface area contributed by atoms with E-state index in [1.807, 2.05) is 0 Å². The third-order valence-corrected chi connectivity index (χ3v) is 11.4. The lowest BCUT2D eigenvalue weighted by Gasteiger charge is -2.38. The fourth-order valence-corrected chi connectivity index (χ4v) is 8.49. The predicted octanol–water partition coefficient (Wildman–Crippen LogP) is 3.14. The molecule has 15 nitrogen and oxygen atoms in total. The minimum atomic E-state index is -1.49. The number of ketones is 1. The Hall–Kier alpha value is -5.18. The number of aliphatic hydroxyl groups is 1. The number of carbonyl (C=O) groups is 6. The molecular formula is C39H49N7O8. The number of benzene rings is 2. The first-order chi connectivity index (χ1) is 25.7. The molecule has 3 atom stereocenters. The van der Waals surface area contributed by atoms with Crippen LogP contribution in [0.4, 0.5) is 0 Å². The Balaban J connectivity index is 1.33. The molecule has 3 aliphatic rings. The molecule has 1 aliphatic heterocycles. The van der Waals surface area contributed by atoms with Crippen LogP contribution in [0, 0.1) is 5.92 Å². The summed E-state index contributed by atoms with van der Waals surface area (Å²) in [6, 6.07) is 6.77. The van der Waals surface area contributed by atoms with E-state index in [0.29, 0.717) is 35.7 Å². The Morgan fingerprint density at radius 3 is 2.20 bits per heavy atom. The molecular weight excluding hydrogens is 694 g/mol. The van der Waals surface area contributed by atoms with Gasteiger partial charge in [-0.2, -0.15) is 0 Å². The second-order valence-electron chi connectivity index (χ2n) is 15.7. The number of amides is 4. The van der Waals surface area contributed by atoms with E-state index in [-0.39, 0.29) is 42.9 Å². The monoisotopic (exact) mass is 743 g/mol. The quantitative estimate of drug-likeness (QED) is 0.170. The predicted molar refractivity (Wildman–Crippen MR) is 196 cm³/mol. The summed E-state index contributed by atoms with van der Waals surface area (Å²) in [5, 5.41) is 35.7. The summed E-state index contributed by atoms with van der Waals surface area (Å²) < 4.78 is 1.51. The van der Waals surface area contributed by atoms with E-state index >= 15 is 0 Å². The molecule has 6 rings (SSSR count). The largest absolute Gasteiger partial charge is 0.478 e. The first-order valence-electron chi connectivity index (χ1n) is 18.8. The van der Waals surface area contributed by atoms with Gasteiger partial charge >= 0.3 is 5.97 Å². The number of aromatic nitrogens is 3. The van der Waals surface area contributed by atoms with E-state index in [4.69, 9.17) is 5.73 Å². The number of nitrogens with zero attached hydrogens (tertiary/aromatic N) is 4. The number of nitrogens with one attached hydrogen (secondary N) is 2. The van der Waals surface area contributed by atoms with Crippen LogP contribution in [0.2, 0.25) is 0 Å². The van der Waals surface area contributed by atoms with Gasteiger partial charge in [0.1, 0.15) is 23.2 Å². The minimum Gasteiger partial charge on any atom is -0.478 e. The molecule has 2 saturated carbocycles. The van der Waals surface area contributed by atoms with Gasteiger partial charge in [0.25, 0.3) is 11.8 Å². The van der Waals surface area contributed by atoms with Gasteiger partial charge in [0, 0.05) is 18.5 Å². The van der Waals surface area contributed by atoms with Crippen LogP contribution in [0.5, 0.6) is 0 Å². The second-order valence-corrected chi connectivity index (χ2v) is 15.7. The Bertz CT molecular complexity index is 1940. The molecule has 0 bridgehead atoms. The highest BCUT2D eigenvalue weighted by Crippen LogP contribution is 2.35. The SMILES string of the molecule is CC(C)(O)c1cnnn1[C@H]1C[C@@H](C(=O)NC2(C(=O)C(N)=O)CCCCC2)N(C(=O)[C@@H](CC2CCCCC2)NC(=O)c2ccc3cc(C(=O)O)ccc3c2)C1. The molecule has 3 aromatic rings. The van der Waals surface area contributed by atoms with Crippen molar-refractivity contribution < 1.29 is 39.0 Å². The second kappa shape index (κ2) is 15.7. The Morgan fingerprint density at radius 2 is 1.57 bits per heavy atom. The van der Waals surface area contributed by atoms with Crippen LogP contribution in [0.3, 0.4) is 0 Å². The number of likely N-dealkylation sites (tertiary alicyclic amines) is 1. The topological polar surface area (TPSA) is 227 Å². The van der Waals surface area contributed by atoms with Crippen molar-refractivity contribution in [1.82, 2.24) is 30.5 Å². The van der Waals surface area contributed by atoms with Crippen LogP contribution in [0.1, 0.15) is 123 Å². The number of carboxylic acid groups (broad SMARTS) is 1. The Kier molecular flexibility index (Phi) is 11.2. The maximum absolute atomic E-state index is 14.9. The van der Waals surface area contributed by atoms with Crippen molar-refractivity contribution in [3.8, 4) is 0 Å². The van der Waals surface area contributed by atoms with Crippen LogP contribution in [0.25, 0.3) is 10.8 Å². The Morgan fingerprint density at radius 1 is 0.944 bits per heavy atom. The van der Waals surface area contributed by atoms with E-state index in [9.17, 15) is 39.0 Å². The number of hydrogen-bond donors (Lipinski definition) is 5. The fourth-order valence-electron chi connectivity index (χ4n) is 8.49. The number of Topliss-reactive ketones (excluding diaryl/α,β-unsaturated/α-hetero) is 1. The molecule has 54 heavy (non-hydrogen) atoms. The van der Waals surface area contributed by atoms with Crippen LogP contribution in [0.15, 0.2) is 42.6 Å². The summed E-state index contributed by atoms with van der Waals surface area (Å²) in [7, 11) is 0. The van der Waals surface area contributed by atoms with Crippen molar-refractivity contribution in [2.24, 2.45) is 11.7 Å². The van der Waals surface area contributed by atoms with Crippen LogP contribution < -0.4 is 16.4 Å². The van der Waals surface area contributed by atoms with Crippen LogP contribution >= 0.6 is 0 Å².